The van der Waals surface area contributed by atoms with Gasteiger partial charge in [0.1, 0.15) is 5.60 Å². The number of aliphatic hydroxyl groups excluding tert-OH is 1. The molecule has 0 aromatic rings. The highest BCUT2D eigenvalue weighted by Crippen LogP contribution is 2.20. The fourth-order valence-electron chi connectivity index (χ4n) is 1.92. The summed E-state index contributed by atoms with van der Waals surface area (Å²) in [5.74, 6) is 0. The van der Waals surface area contributed by atoms with Crippen LogP contribution in [-0.4, -0.2) is 54.1 Å². The van der Waals surface area contributed by atoms with Crippen LogP contribution in [0.2, 0.25) is 0 Å². The minimum absolute atomic E-state index is 0.00162. The SMILES string of the molecule is COC[C@H]1CC[C@H](O)CN1C(=O)OC(C)(C)C. The van der Waals surface area contributed by atoms with Crippen LogP contribution < -0.4 is 0 Å². The van der Waals surface area contributed by atoms with Crippen molar-refractivity contribution in [1.29, 1.82) is 0 Å². The minimum atomic E-state index is -0.517. The highest BCUT2D eigenvalue weighted by Gasteiger charge is 2.33. The predicted octanol–water partition coefficient (Wildman–Crippen LogP) is 1.39. The van der Waals surface area contributed by atoms with Gasteiger partial charge >= 0.3 is 6.09 Å². The largest absolute Gasteiger partial charge is 0.444 e. The number of rotatable bonds is 2. The van der Waals surface area contributed by atoms with E-state index in [1.165, 1.54) is 0 Å². The number of carbonyl (C=O) groups is 1. The molecule has 1 aliphatic heterocycles. The normalized spacial score (nSPS) is 25.8. The summed E-state index contributed by atoms with van der Waals surface area (Å²) in [6, 6.07) is -0.00162. The second-order valence-corrected chi connectivity index (χ2v) is 5.47. The molecular weight excluding hydrogens is 222 g/mol. The highest BCUT2D eigenvalue weighted by atomic mass is 16.6. The minimum Gasteiger partial charge on any atom is -0.444 e. The summed E-state index contributed by atoms with van der Waals surface area (Å²) in [5, 5.41) is 9.62. The van der Waals surface area contributed by atoms with Gasteiger partial charge in [-0.2, -0.15) is 0 Å². The number of hydrogen-bond donors (Lipinski definition) is 1. The molecule has 17 heavy (non-hydrogen) atoms. The molecule has 1 amide bonds. The molecule has 1 fully saturated rings. The lowest BCUT2D eigenvalue weighted by atomic mass is 10.0. The zero-order valence-corrected chi connectivity index (χ0v) is 11.1. The lowest BCUT2D eigenvalue weighted by Gasteiger charge is -2.38. The first-order chi connectivity index (χ1) is 7.83. The maximum absolute atomic E-state index is 12.0. The summed E-state index contributed by atoms with van der Waals surface area (Å²) < 4.78 is 10.4. The van der Waals surface area contributed by atoms with E-state index in [9.17, 15) is 9.90 Å². The van der Waals surface area contributed by atoms with Crippen molar-refractivity contribution in [1.82, 2.24) is 4.90 Å². The van der Waals surface area contributed by atoms with Crippen LogP contribution in [0.5, 0.6) is 0 Å². The van der Waals surface area contributed by atoms with Crippen LogP contribution in [0.1, 0.15) is 33.6 Å². The number of ether oxygens (including phenoxy) is 2. The zero-order valence-electron chi connectivity index (χ0n) is 11.1. The van der Waals surface area contributed by atoms with E-state index < -0.39 is 11.7 Å². The lowest BCUT2D eigenvalue weighted by Crippen LogP contribution is -2.52. The Morgan fingerprint density at radius 1 is 1.41 bits per heavy atom. The van der Waals surface area contributed by atoms with Crippen LogP contribution in [0.25, 0.3) is 0 Å². The molecule has 100 valence electrons. The van der Waals surface area contributed by atoms with Gasteiger partial charge in [0.25, 0.3) is 0 Å². The maximum atomic E-state index is 12.0. The van der Waals surface area contributed by atoms with Gasteiger partial charge in [-0.05, 0) is 33.6 Å². The summed E-state index contributed by atoms with van der Waals surface area (Å²) in [5.41, 5.74) is -0.517. The van der Waals surface area contributed by atoms with Gasteiger partial charge in [0.2, 0.25) is 0 Å². The molecule has 0 unspecified atom stereocenters. The molecule has 0 saturated carbocycles. The van der Waals surface area contributed by atoms with Gasteiger partial charge in [-0.15, -0.1) is 0 Å². The zero-order chi connectivity index (χ0) is 13.1. The number of aliphatic hydroxyl groups is 1. The average molecular weight is 245 g/mol. The standard InChI is InChI=1S/C12H23NO4/c1-12(2,3)17-11(15)13-7-10(14)6-5-9(13)8-16-4/h9-10,14H,5-8H2,1-4H3/t9-,10+/m1/s1. The van der Waals surface area contributed by atoms with Gasteiger partial charge < -0.3 is 19.5 Å². The van der Waals surface area contributed by atoms with Crippen LogP contribution >= 0.6 is 0 Å². The van der Waals surface area contributed by atoms with E-state index in [-0.39, 0.29) is 12.1 Å². The number of nitrogens with zero attached hydrogens (tertiary/aromatic N) is 1. The molecule has 0 aliphatic carbocycles. The Hall–Kier alpha value is -0.810. The van der Waals surface area contributed by atoms with Crippen molar-refractivity contribution in [2.45, 2.75) is 51.4 Å². The fraction of sp³-hybridized carbons (Fsp3) is 0.917. The quantitative estimate of drug-likeness (QED) is 0.798. The van der Waals surface area contributed by atoms with Gasteiger partial charge in [0.05, 0.1) is 25.3 Å². The maximum Gasteiger partial charge on any atom is 0.410 e. The van der Waals surface area contributed by atoms with Gasteiger partial charge in [-0.1, -0.05) is 0 Å². The Morgan fingerprint density at radius 2 is 2.06 bits per heavy atom. The van der Waals surface area contributed by atoms with Crippen molar-refractivity contribution in [2.75, 3.05) is 20.3 Å². The molecule has 1 heterocycles. The van der Waals surface area contributed by atoms with Gasteiger partial charge in [0, 0.05) is 7.11 Å². The molecule has 1 saturated heterocycles. The van der Waals surface area contributed by atoms with Crippen LogP contribution in [0.3, 0.4) is 0 Å². The van der Waals surface area contributed by atoms with Crippen molar-refractivity contribution in [2.24, 2.45) is 0 Å². The summed E-state index contributed by atoms with van der Waals surface area (Å²) in [4.78, 5) is 13.6. The van der Waals surface area contributed by atoms with E-state index in [1.54, 1.807) is 12.0 Å². The summed E-state index contributed by atoms with van der Waals surface area (Å²) >= 11 is 0. The molecule has 2 atom stereocenters. The molecule has 0 bridgehead atoms. The molecule has 1 aliphatic rings. The molecule has 0 aromatic carbocycles. The van der Waals surface area contributed by atoms with Gasteiger partial charge in [0.15, 0.2) is 0 Å². The van der Waals surface area contributed by atoms with Crippen LogP contribution in [0, 0.1) is 0 Å². The second-order valence-electron chi connectivity index (χ2n) is 5.47. The summed E-state index contributed by atoms with van der Waals surface area (Å²) in [6.07, 6.45) is 0.607. The van der Waals surface area contributed by atoms with Crippen molar-refractivity contribution in [3.8, 4) is 0 Å². The Kier molecular flexibility index (Phi) is 4.77. The predicted molar refractivity (Wildman–Crippen MR) is 63.8 cm³/mol. The van der Waals surface area contributed by atoms with E-state index in [1.807, 2.05) is 20.8 Å². The number of piperidine rings is 1. The summed E-state index contributed by atoms with van der Waals surface area (Å²) in [6.45, 7) is 6.29. The first kappa shape index (κ1) is 14.3. The first-order valence-electron chi connectivity index (χ1n) is 6.00. The molecule has 0 aromatic heterocycles. The molecule has 5 heteroatoms. The Bertz CT molecular complexity index is 262. The van der Waals surface area contributed by atoms with Crippen LogP contribution in [0.15, 0.2) is 0 Å². The second kappa shape index (κ2) is 5.69. The smallest absolute Gasteiger partial charge is 0.410 e. The highest BCUT2D eigenvalue weighted by molar-refractivity contribution is 5.68. The Morgan fingerprint density at radius 3 is 2.59 bits per heavy atom. The van der Waals surface area contributed by atoms with E-state index in [0.717, 1.165) is 6.42 Å². The molecule has 0 radical (unpaired) electrons. The number of amides is 1. The third-order valence-corrected chi connectivity index (χ3v) is 2.67. The number of likely N-dealkylation sites (tertiary alicyclic amines) is 1. The Labute approximate surface area is 103 Å². The summed E-state index contributed by atoms with van der Waals surface area (Å²) in [7, 11) is 1.61. The number of methoxy groups -OCH3 is 1. The monoisotopic (exact) mass is 245 g/mol. The van der Waals surface area contributed by atoms with Gasteiger partial charge in [-0.3, -0.25) is 0 Å². The molecule has 1 rings (SSSR count). The van der Waals surface area contributed by atoms with Gasteiger partial charge in [-0.25, -0.2) is 4.79 Å². The van der Waals surface area contributed by atoms with Crippen LogP contribution in [0.4, 0.5) is 4.79 Å². The van der Waals surface area contributed by atoms with E-state index in [2.05, 4.69) is 0 Å². The van der Waals surface area contributed by atoms with Crippen molar-refractivity contribution >= 4 is 6.09 Å². The van der Waals surface area contributed by atoms with E-state index >= 15 is 0 Å². The van der Waals surface area contributed by atoms with Crippen molar-refractivity contribution < 1.29 is 19.4 Å². The molecule has 0 spiro atoms. The fourth-order valence-corrected chi connectivity index (χ4v) is 1.92. The average Bonchev–Trinajstić information content (AvgIpc) is 2.18. The Balaban J connectivity index is 2.65. The number of carbonyl (C=O) groups excluding carboxylic acids is 1. The van der Waals surface area contributed by atoms with Crippen LogP contribution in [-0.2, 0) is 9.47 Å². The number of β-amino-alcohol motifs (C(OH)–C–C–N with tert-alkyl or cyclic N) is 1. The molecule has 5 nitrogen and oxygen atoms in total. The third kappa shape index (κ3) is 4.52. The third-order valence-electron chi connectivity index (χ3n) is 2.67. The van der Waals surface area contributed by atoms with Crippen molar-refractivity contribution in [3.63, 3.8) is 0 Å². The molecular formula is C12H23NO4. The van der Waals surface area contributed by atoms with E-state index in [0.29, 0.717) is 19.6 Å². The molecule has 1 N–H and O–H groups in total. The van der Waals surface area contributed by atoms with E-state index in [4.69, 9.17) is 9.47 Å². The first-order valence-corrected chi connectivity index (χ1v) is 6.00. The lowest BCUT2D eigenvalue weighted by molar-refractivity contribution is -0.0264. The van der Waals surface area contributed by atoms with Crippen molar-refractivity contribution in [3.05, 3.63) is 0 Å². The topological polar surface area (TPSA) is 59.0 Å². The number of hydrogen-bond acceptors (Lipinski definition) is 4.